The Morgan fingerprint density at radius 2 is 2.12 bits per heavy atom. The fraction of sp³-hybridized carbons (Fsp3) is 0.273. The van der Waals surface area contributed by atoms with Gasteiger partial charge in [-0.3, -0.25) is 4.79 Å². The van der Waals surface area contributed by atoms with Crippen LogP contribution in [-0.2, 0) is 16.6 Å². The lowest BCUT2D eigenvalue weighted by Gasteiger charge is -2.16. The minimum atomic E-state index is -3.31. The van der Waals surface area contributed by atoms with Crippen LogP contribution in [0, 0.1) is 17.1 Å². The fourth-order valence-electron chi connectivity index (χ4n) is 4.38. The van der Waals surface area contributed by atoms with E-state index in [9.17, 15) is 22.9 Å². The largest absolute Gasteiger partial charge is 0.353 e. The van der Waals surface area contributed by atoms with E-state index in [-0.39, 0.29) is 35.3 Å². The van der Waals surface area contributed by atoms with Crippen molar-refractivity contribution in [1.82, 2.24) is 24.8 Å². The van der Waals surface area contributed by atoms with Gasteiger partial charge in [-0.05, 0) is 24.6 Å². The molecule has 1 atom stereocenters. The molecule has 0 saturated carbocycles. The second-order valence-corrected chi connectivity index (χ2v) is 10.0. The number of hydrogen-bond donors (Lipinski definition) is 2. The second kappa shape index (κ2) is 8.19. The first-order valence-electron chi connectivity index (χ1n) is 10.5. The molecule has 4 heterocycles. The Balaban J connectivity index is 1.54. The van der Waals surface area contributed by atoms with Crippen LogP contribution >= 0.6 is 0 Å². The van der Waals surface area contributed by atoms with Gasteiger partial charge >= 0.3 is 0 Å². The fourth-order valence-corrected chi connectivity index (χ4v) is 5.18. The van der Waals surface area contributed by atoms with E-state index in [0.717, 1.165) is 6.26 Å². The summed E-state index contributed by atoms with van der Waals surface area (Å²) in [5, 5.41) is 16.8. The molecule has 1 fully saturated rings. The molecule has 1 amide bonds. The predicted molar refractivity (Wildman–Crippen MR) is 121 cm³/mol. The Kier molecular flexibility index (Phi) is 5.30. The van der Waals surface area contributed by atoms with Crippen LogP contribution in [0.15, 0.2) is 36.5 Å². The monoisotopic (exact) mass is 481 g/mol. The molecule has 0 spiro atoms. The van der Waals surface area contributed by atoms with Crippen molar-refractivity contribution < 1.29 is 17.6 Å². The highest BCUT2D eigenvalue weighted by molar-refractivity contribution is 7.88. The van der Waals surface area contributed by atoms with E-state index in [1.165, 1.54) is 22.9 Å². The number of anilines is 1. The number of nitriles is 1. The molecule has 0 bridgehead atoms. The topological polar surface area (TPSA) is 133 Å². The predicted octanol–water partition coefficient (Wildman–Crippen LogP) is 1.32. The highest BCUT2D eigenvalue weighted by atomic mass is 32.2. The van der Waals surface area contributed by atoms with Gasteiger partial charge in [0.2, 0.25) is 10.0 Å². The zero-order chi connectivity index (χ0) is 24.0. The van der Waals surface area contributed by atoms with E-state index in [1.807, 2.05) is 11.0 Å². The minimum absolute atomic E-state index is 0.0648. The summed E-state index contributed by atoms with van der Waals surface area (Å²) in [5.41, 5.74) is 1.63. The average molecular weight is 482 g/mol. The second-order valence-electron chi connectivity index (χ2n) is 8.25. The Morgan fingerprint density at radius 1 is 1.29 bits per heavy atom. The van der Waals surface area contributed by atoms with Crippen molar-refractivity contribution in [3.05, 3.63) is 59.2 Å². The van der Waals surface area contributed by atoms with Crippen LogP contribution in [0.4, 0.5) is 10.2 Å². The van der Waals surface area contributed by atoms with Gasteiger partial charge in [0.05, 0.1) is 52.6 Å². The number of carbonyl (C=O) groups excluding carboxylic acids is 1. The third kappa shape index (κ3) is 4.00. The summed E-state index contributed by atoms with van der Waals surface area (Å²) in [7, 11) is -3.31. The summed E-state index contributed by atoms with van der Waals surface area (Å²) in [5.74, 6) is -0.280. The molecule has 5 rings (SSSR count). The van der Waals surface area contributed by atoms with Gasteiger partial charge in [0.15, 0.2) is 5.82 Å². The highest BCUT2D eigenvalue weighted by Crippen LogP contribution is 2.32. The van der Waals surface area contributed by atoms with Gasteiger partial charge in [-0.15, -0.1) is 0 Å². The van der Waals surface area contributed by atoms with Crippen molar-refractivity contribution in [2.24, 2.45) is 0 Å². The van der Waals surface area contributed by atoms with Crippen molar-refractivity contribution in [3.63, 3.8) is 0 Å². The number of nitrogens with zero attached hydrogens (tertiary/aromatic N) is 5. The summed E-state index contributed by atoms with van der Waals surface area (Å²) in [4.78, 5) is 19.0. The zero-order valence-electron chi connectivity index (χ0n) is 18.1. The molecule has 12 heteroatoms. The van der Waals surface area contributed by atoms with Crippen LogP contribution in [0.3, 0.4) is 0 Å². The van der Waals surface area contributed by atoms with Crippen molar-refractivity contribution >= 4 is 21.7 Å². The minimum Gasteiger partial charge on any atom is -0.353 e. The number of hydrogen-bond acceptors (Lipinski definition) is 7. The SMILES string of the molecule is CS(=O)(=O)N[C@@H]1CCN(c2ccn(-c3cc(-c4c(F)cccc4C#N)nc4c3C(=O)NC4)n2)C1. The first-order valence-corrected chi connectivity index (χ1v) is 12.4. The number of benzene rings is 1. The lowest BCUT2D eigenvalue weighted by molar-refractivity contribution is 0.0965. The normalized spacial score (nSPS) is 17.5. The van der Waals surface area contributed by atoms with Crippen LogP contribution in [-0.4, -0.2) is 54.5 Å². The number of carbonyl (C=O) groups is 1. The van der Waals surface area contributed by atoms with Gasteiger partial charge in [-0.2, -0.15) is 10.4 Å². The first-order chi connectivity index (χ1) is 16.2. The van der Waals surface area contributed by atoms with Crippen LogP contribution in [0.25, 0.3) is 16.9 Å². The summed E-state index contributed by atoms with van der Waals surface area (Å²) in [6.07, 6.45) is 3.45. The third-order valence-electron chi connectivity index (χ3n) is 5.82. The molecule has 1 aromatic carbocycles. The molecule has 0 aliphatic carbocycles. The molecule has 2 aromatic heterocycles. The summed E-state index contributed by atoms with van der Waals surface area (Å²) < 4.78 is 41.9. The number of fused-ring (bicyclic) bond motifs is 1. The summed E-state index contributed by atoms with van der Waals surface area (Å²) in [6.45, 7) is 1.26. The van der Waals surface area contributed by atoms with E-state index in [0.29, 0.717) is 42.3 Å². The highest BCUT2D eigenvalue weighted by Gasteiger charge is 2.29. The number of sulfonamides is 1. The molecule has 3 aromatic rings. The van der Waals surface area contributed by atoms with E-state index in [4.69, 9.17) is 0 Å². The summed E-state index contributed by atoms with van der Waals surface area (Å²) in [6, 6.07) is 9.33. The molecule has 174 valence electrons. The Morgan fingerprint density at radius 3 is 2.88 bits per heavy atom. The molecule has 0 unspecified atom stereocenters. The average Bonchev–Trinajstić information content (AvgIpc) is 3.52. The van der Waals surface area contributed by atoms with Crippen molar-refractivity contribution in [1.29, 1.82) is 5.26 Å². The quantitative estimate of drug-likeness (QED) is 0.561. The summed E-state index contributed by atoms with van der Waals surface area (Å²) >= 11 is 0. The van der Waals surface area contributed by atoms with E-state index in [1.54, 1.807) is 18.3 Å². The number of pyridine rings is 1. The molecule has 2 N–H and O–H groups in total. The molecule has 0 radical (unpaired) electrons. The Labute approximate surface area is 195 Å². The van der Waals surface area contributed by atoms with Crippen molar-refractivity contribution in [3.8, 4) is 23.0 Å². The standard InChI is InChI=1S/C22H20FN7O3S/c1-34(32,33)28-14-5-7-29(12-14)19-6-8-30(27-19)18-9-16(26-17-11-25-22(31)21(17)18)20-13(10-24)3-2-4-15(20)23/h2-4,6,8-9,14,28H,5,7,11-12H2,1H3,(H,25,31)/t14-/m1/s1. The maximum absolute atomic E-state index is 14.7. The number of aromatic nitrogens is 3. The Hall–Kier alpha value is -3.82. The number of rotatable bonds is 5. The maximum Gasteiger partial charge on any atom is 0.255 e. The van der Waals surface area contributed by atoms with Gasteiger partial charge in [-0.25, -0.2) is 27.2 Å². The van der Waals surface area contributed by atoms with Gasteiger partial charge < -0.3 is 10.2 Å². The molecular formula is C22H20FN7O3S. The number of nitrogens with one attached hydrogen (secondary N) is 2. The molecule has 2 aliphatic rings. The van der Waals surface area contributed by atoms with Crippen LogP contribution in [0.1, 0.15) is 28.0 Å². The van der Waals surface area contributed by atoms with E-state index < -0.39 is 15.8 Å². The molecule has 1 saturated heterocycles. The van der Waals surface area contributed by atoms with Gasteiger partial charge in [0.25, 0.3) is 5.91 Å². The van der Waals surface area contributed by atoms with Gasteiger partial charge in [0, 0.05) is 31.4 Å². The number of halogens is 1. The molecule has 2 aliphatic heterocycles. The van der Waals surface area contributed by atoms with Crippen LogP contribution < -0.4 is 14.9 Å². The first kappa shape index (κ1) is 22.0. The molecule has 10 nitrogen and oxygen atoms in total. The Bertz CT molecular complexity index is 1460. The van der Waals surface area contributed by atoms with Gasteiger partial charge in [-0.1, -0.05) is 6.07 Å². The number of amides is 1. The lowest BCUT2D eigenvalue weighted by atomic mass is 10.0. The third-order valence-corrected chi connectivity index (χ3v) is 6.58. The van der Waals surface area contributed by atoms with E-state index in [2.05, 4.69) is 20.1 Å². The molecular weight excluding hydrogens is 461 g/mol. The lowest BCUT2D eigenvalue weighted by Crippen LogP contribution is -2.36. The van der Waals surface area contributed by atoms with Crippen molar-refractivity contribution in [2.45, 2.75) is 19.0 Å². The smallest absolute Gasteiger partial charge is 0.255 e. The van der Waals surface area contributed by atoms with Crippen LogP contribution in [0.5, 0.6) is 0 Å². The zero-order valence-corrected chi connectivity index (χ0v) is 18.9. The molecule has 34 heavy (non-hydrogen) atoms. The van der Waals surface area contributed by atoms with Crippen molar-refractivity contribution in [2.75, 3.05) is 24.2 Å². The van der Waals surface area contributed by atoms with Crippen LogP contribution in [0.2, 0.25) is 0 Å². The van der Waals surface area contributed by atoms with E-state index >= 15 is 0 Å². The maximum atomic E-state index is 14.7. The van der Waals surface area contributed by atoms with Gasteiger partial charge in [0.1, 0.15) is 5.82 Å².